The van der Waals surface area contributed by atoms with Gasteiger partial charge in [0.15, 0.2) is 0 Å². The van der Waals surface area contributed by atoms with Crippen LogP contribution in [0, 0.1) is 13.8 Å². The van der Waals surface area contributed by atoms with Crippen molar-refractivity contribution in [3.63, 3.8) is 0 Å². The minimum Gasteiger partial charge on any atom is -0.453 e. The van der Waals surface area contributed by atoms with E-state index >= 15 is 0 Å². The molecule has 0 bridgehead atoms. The Balaban J connectivity index is 2.70. The molecule has 0 heterocycles. The van der Waals surface area contributed by atoms with Crippen molar-refractivity contribution < 1.29 is 9.53 Å². The van der Waals surface area contributed by atoms with Crippen molar-refractivity contribution in [2.45, 2.75) is 13.8 Å². The Bertz CT molecular complexity index is 340. The molecule has 0 aliphatic heterocycles. The van der Waals surface area contributed by atoms with Gasteiger partial charge in [0, 0.05) is 0 Å². The second-order valence-corrected chi connectivity index (χ2v) is 3.16. The average Bonchev–Trinajstić information content (AvgIpc) is 2.18. The molecule has 0 amide bonds. The lowest BCUT2D eigenvalue weighted by Crippen LogP contribution is -1.86. The molecule has 0 fully saturated rings. The maximum absolute atomic E-state index is 9.76. The maximum Gasteiger partial charge on any atom is 0.417 e. The van der Waals surface area contributed by atoms with Crippen LogP contribution in [0.1, 0.15) is 16.7 Å². The van der Waals surface area contributed by atoms with Crippen LogP contribution in [-0.4, -0.2) is 13.1 Å². The predicted molar refractivity (Wildman–Crippen MR) is 56.6 cm³/mol. The Morgan fingerprint density at radius 1 is 1.43 bits per heavy atom. The van der Waals surface area contributed by atoms with E-state index in [1.54, 1.807) is 6.08 Å². The van der Waals surface area contributed by atoms with Gasteiger partial charge in [-0.3, -0.25) is 0 Å². The molecule has 0 spiro atoms. The zero-order chi connectivity index (χ0) is 10.4. The fourth-order valence-electron chi connectivity index (χ4n) is 1.20. The van der Waals surface area contributed by atoms with Crippen molar-refractivity contribution in [2.24, 2.45) is 0 Å². The first-order valence-electron chi connectivity index (χ1n) is 4.47. The van der Waals surface area contributed by atoms with E-state index in [1.165, 1.54) is 17.6 Å². The number of rotatable bonds is 4. The molecule has 73 valence electrons. The van der Waals surface area contributed by atoms with Crippen LogP contribution < -0.4 is 0 Å². The standard InChI is InChI=1S/C12H13O2/c1-10-5-6-11(2)12(8-10)4-3-7-14-9-13/h3-6,8H,7H2,1-2H3. The van der Waals surface area contributed by atoms with Gasteiger partial charge in [-0.05, 0) is 31.1 Å². The molecular weight excluding hydrogens is 176 g/mol. The Kier molecular flexibility index (Phi) is 3.92. The number of carbonyl (C=O) groups excluding carboxylic acids is 1. The third kappa shape index (κ3) is 3.05. The number of hydrogen-bond donors (Lipinski definition) is 0. The minimum atomic E-state index is 0.275. The molecule has 2 nitrogen and oxygen atoms in total. The summed E-state index contributed by atoms with van der Waals surface area (Å²) in [6, 6.07) is 6.24. The lowest BCUT2D eigenvalue weighted by atomic mass is 10.1. The molecule has 0 unspecified atom stereocenters. The summed E-state index contributed by atoms with van der Waals surface area (Å²) in [6.07, 6.45) is 3.74. The lowest BCUT2D eigenvalue weighted by molar-refractivity contribution is 0.314. The fraction of sp³-hybridized carbons (Fsp3) is 0.250. The molecule has 0 saturated carbocycles. The van der Waals surface area contributed by atoms with Crippen LogP contribution in [0.5, 0.6) is 0 Å². The molecule has 1 rings (SSSR count). The van der Waals surface area contributed by atoms with Crippen molar-refractivity contribution in [3.05, 3.63) is 41.0 Å². The lowest BCUT2D eigenvalue weighted by Gasteiger charge is -2.01. The molecular formula is C12H13O2. The largest absolute Gasteiger partial charge is 0.453 e. The molecule has 1 aromatic rings. The summed E-state index contributed by atoms with van der Waals surface area (Å²) in [6.45, 7) is 5.75. The van der Waals surface area contributed by atoms with Crippen LogP contribution in [0.15, 0.2) is 24.3 Å². The van der Waals surface area contributed by atoms with Crippen molar-refractivity contribution in [2.75, 3.05) is 6.61 Å². The van der Waals surface area contributed by atoms with Crippen LogP contribution in [-0.2, 0) is 9.53 Å². The molecule has 14 heavy (non-hydrogen) atoms. The van der Waals surface area contributed by atoms with E-state index in [-0.39, 0.29) is 6.61 Å². The molecule has 1 aromatic carbocycles. The number of aryl methyl sites for hydroxylation is 2. The number of hydrogen-bond acceptors (Lipinski definition) is 2. The van der Waals surface area contributed by atoms with E-state index in [2.05, 4.69) is 22.9 Å². The third-order valence-corrected chi connectivity index (χ3v) is 1.97. The summed E-state index contributed by atoms with van der Waals surface area (Å²) in [5, 5.41) is 0. The normalized spacial score (nSPS) is 10.4. The molecule has 2 heteroatoms. The molecule has 0 aromatic heterocycles. The van der Waals surface area contributed by atoms with Crippen molar-refractivity contribution in [1.82, 2.24) is 0 Å². The SMILES string of the molecule is Cc1ccc(C)c(C=CCO[C]=O)c1. The van der Waals surface area contributed by atoms with Crippen LogP contribution in [0.25, 0.3) is 6.08 Å². The van der Waals surface area contributed by atoms with Gasteiger partial charge in [0.1, 0.15) is 6.61 Å². The molecule has 0 N–H and O–H groups in total. The van der Waals surface area contributed by atoms with Crippen molar-refractivity contribution >= 4 is 12.5 Å². The van der Waals surface area contributed by atoms with Gasteiger partial charge in [0.2, 0.25) is 0 Å². The number of benzene rings is 1. The quantitative estimate of drug-likeness (QED) is 0.680. The van der Waals surface area contributed by atoms with Gasteiger partial charge in [0.05, 0.1) is 0 Å². The zero-order valence-electron chi connectivity index (χ0n) is 8.41. The Morgan fingerprint density at radius 3 is 2.93 bits per heavy atom. The predicted octanol–water partition coefficient (Wildman–Crippen LogP) is 2.40. The van der Waals surface area contributed by atoms with E-state index < -0.39 is 0 Å². The first-order chi connectivity index (χ1) is 6.74. The van der Waals surface area contributed by atoms with Gasteiger partial charge >= 0.3 is 6.47 Å². The summed E-state index contributed by atoms with van der Waals surface area (Å²) in [4.78, 5) is 9.76. The molecule has 1 radical (unpaired) electrons. The Morgan fingerprint density at radius 2 is 2.21 bits per heavy atom. The van der Waals surface area contributed by atoms with E-state index in [0.717, 1.165) is 5.56 Å². The van der Waals surface area contributed by atoms with Crippen molar-refractivity contribution in [3.8, 4) is 0 Å². The van der Waals surface area contributed by atoms with Crippen LogP contribution >= 0.6 is 0 Å². The highest BCUT2D eigenvalue weighted by Gasteiger charge is 1.93. The van der Waals surface area contributed by atoms with E-state index in [4.69, 9.17) is 0 Å². The number of ether oxygens (including phenoxy) is 1. The summed E-state index contributed by atoms with van der Waals surface area (Å²) in [5.41, 5.74) is 3.58. The van der Waals surface area contributed by atoms with Crippen LogP contribution in [0.2, 0.25) is 0 Å². The highest BCUT2D eigenvalue weighted by molar-refractivity contribution is 5.54. The van der Waals surface area contributed by atoms with E-state index in [9.17, 15) is 4.79 Å². The van der Waals surface area contributed by atoms with Crippen molar-refractivity contribution in [1.29, 1.82) is 0 Å². The maximum atomic E-state index is 9.76. The van der Waals surface area contributed by atoms with Gasteiger partial charge in [0.25, 0.3) is 0 Å². The topological polar surface area (TPSA) is 26.3 Å². The highest BCUT2D eigenvalue weighted by Crippen LogP contribution is 2.11. The Labute approximate surface area is 84.2 Å². The third-order valence-electron chi connectivity index (χ3n) is 1.97. The second kappa shape index (κ2) is 5.22. The average molecular weight is 189 g/mol. The second-order valence-electron chi connectivity index (χ2n) is 3.16. The van der Waals surface area contributed by atoms with E-state index in [0.29, 0.717) is 0 Å². The van der Waals surface area contributed by atoms with Gasteiger partial charge in [-0.1, -0.05) is 29.8 Å². The summed E-state index contributed by atoms with van der Waals surface area (Å²) < 4.78 is 4.43. The van der Waals surface area contributed by atoms with Gasteiger partial charge in [-0.15, -0.1) is 0 Å². The van der Waals surface area contributed by atoms with Crippen LogP contribution in [0.3, 0.4) is 0 Å². The summed E-state index contributed by atoms with van der Waals surface area (Å²) in [7, 11) is 0. The van der Waals surface area contributed by atoms with Gasteiger partial charge in [-0.2, -0.15) is 0 Å². The zero-order valence-corrected chi connectivity index (χ0v) is 8.41. The fourth-order valence-corrected chi connectivity index (χ4v) is 1.20. The van der Waals surface area contributed by atoms with Crippen LogP contribution in [0.4, 0.5) is 0 Å². The molecule has 0 aliphatic carbocycles. The van der Waals surface area contributed by atoms with Gasteiger partial charge < -0.3 is 4.74 Å². The Hall–Kier alpha value is -1.57. The van der Waals surface area contributed by atoms with Gasteiger partial charge in [-0.25, -0.2) is 4.79 Å². The summed E-state index contributed by atoms with van der Waals surface area (Å²) >= 11 is 0. The monoisotopic (exact) mass is 189 g/mol. The first kappa shape index (κ1) is 10.5. The minimum absolute atomic E-state index is 0.275. The first-order valence-corrected chi connectivity index (χ1v) is 4.47. The molecule has 0 atom stereocenters. The molecule has 0 aliphatic rings. The highest BCUT2D eigenvalue weighted by atomic mass is 16.5. The van der Waals surface area contributed by atoms with E-state index in [1.807, 2.05) is 19.9 Å². The smallest absolute Gasteiger partial charge is 0.417 e. The molecule has 0 saturated heterocycles. The summed E-state index contributed by atoms with van der Waals surface area (Å²) in [5.74, 6) is 0.